The van der Waals surface area contributed by atoms with Crippen LogP contribution in [0.3, 0.4) is 0 Å². The summed E-state index contributed by atoms with van der Waals surface area (Å²) in [6, 6.07) is 4.34. The van der Waals surface area contributed by atoms with Gasteiger partial charge in [0.05, 0.1) is 23.2 Å². The summed E-state index contributed by atoms with van der Waals surface area (Å²) < 4.78 is 6.64. The average Bonchev–Trinajstić information content (AvgIpc) is 2.23. The van der Waals surface area contributed by atoms with E-state index in [4.69, 9.17) is 4.74 Å². The second-order valence-electron chi connectivity index (χ2n) is 3.95. The number of rotatable bonds is 1. The minimum absolute atomic E-state index is 0.273. The zero-order valence-corrected chi connectivity index (χ0v) is 10.6. The Kier molecular flexibility index (Phi) is 3.26. The first-order valence-corrected chi connectivity index (χ1v) is 5.96. The first kappa shape index (κ1) is 10.9. The number of hydrogen-bond donors (Lipinski definition) is 0. The maximum absolute atomic E-state index is 5.60. The van der Waals surface area contributed by atoms with Gasteiger partial charge >= 0.3 is 0 Å². The summed E-state index contributed by atoms with van der Waals surface area (Å²) in [5, 5.41) is 0. The van der Waals surface area contributed by atoms with Gasteiger partial charge in [-0.25, -0.2) is 4.98 Å². The van der Waals surface area contributed by atoms with E-state index in [9.17, 15) is 0 Å². The van der Waals surface area contributed by atoms with E-state index in [1.165, 1.54) is 0 Å². The Morgan fingerprint density at radius 2 is 2.33 bits per heavy atom. The van der Waals surface area contributed by atoms with Gasteiger partial charge in [0.15, 0.2) is 0 Å². The van der Waals surface area contributed by atoms with Gasteiger partial charge in [-0.1, -0.05) is 0 Å². The average molecular weight is 271 g/mol. The highest BCUT2D eigenvalue weighted by molar-refractivity contribution is 9.10. The standard InChI is InChI=1S/C11H15BrN2O/c1-8-7-15-9(2)6-14(8)11-10(12)4-3-5-13-11/h3-5,8-9H,6-7H2,1-2H3. The monoisotopic (exact) mass is 270 g/mol. The van der Waals surface area contributed by atoms with Crippen LogP contribution in [0.25, 0.3) is 0 Å². The first-order chi connectivity index (χ1) is 7.18. The number of ether oxygens (including phenoxy) is 1. The maximum atomic E-state index is 5.60. The number of nitrogens with zero attached hydrogens (tertiary/aromatic N) is 2. The minimum Gasteiger partial charge on any atom is -0.375 e. The van der Waals surface area contributed by atoms with Crippen molar-refractivity contribution in [3.8, 4) is 0 Å². The van der Waals surface area contributed by atoms with Crippen LogP contribution >= 0.6 is 15.9 Å². The van der Waals surface area contributed by atoms with E-state index in [0.29, 0.717) is 6.04 Å². The Labute approximate surface area is 98.6 Å². The SMILES string of the molecule is CC1CN(c2ncccc2Br)C(C)CO1. The molecule has 1 fully saturated rings. The smallest absolute Gasteiger partial charge is 0.143 e. The van der Waals surface area contributed by atoms with E-state index in [2.05, 4.69) is 39.7 Å². The molecule has 3 nitrogen and oxygen atoms in total. The van der Waals surface area contributed by atoms with Crippen LogP contribution in [0.15, 0.2) is 22.8 Å². The van der Waals surface area contributed by atoms with Gasteiger partial charge in [0.25, 0.3) is 0 Å². The van der Waals surface area contributed by atoms with Gasteiger partial charge < -0.3 is 9.64 Å². The molecule has 1 aliphatic rings. The van der Waals surface area contributed by atoms with E-state index in [-0.39, 0.29) is 6.10 Å². The summed E-state index contributed by atoms with van der Waals surface area (Å²) in [5.41, 5.74) is 0. The Morgan fingerprint density at radius 3 is 3.07 bits per heavy atom. The van der Waals surface area contributed by atoms with Crippen LogP contribution in [-0.4, -0.2) is 30.3 Å². The number of morpholine rings is 1. The van der Waals surface area contributed by atoms with Crippen molar-refractivity contribution >= 4 is 21.7 Å². The first-order valence-electron chi connectivity index (χ1n) is 5.17. The summed E-state index contributed by atoms with van der Waals surface area (Å²) >= 11 is 3.53. The molecule has 2 atom stereocenters. The van der Waals surface area contributed by atoms with Crippen LogP contribution in [0.4, 0.5) is 5.82 Å². The van der Waals surface area contributed by atoms with Gasteiger partial charge in [-0.2, -0.15) is 0 Å². The summed E-state index contributed by atoms with van der Waals surface area (Å²) in [7, 11) is 0. The second-order valence-corrected chi connectivity index (χ2v) is 4.81. The van der Waals surface area contributed by atoms with Crippen molar-refractivity contribution in [2.75, 3.05) is 18.1 Å². The quantitative estimate of drug-likeness (QED) is 0.784. The third-order valence-corrected chi connectivity index (χ3v) is 3.24. The Hall–Kier alpha value is -0.610. The molecule has 82 valence electrons. The topological polar surface area (TPSA) is 25.4 Å². The zero-order valence-electron chi connectivity index (χ0n) is 8.98. The number of anilines is 1. The zero-order chi connectivity index (χ0) is 10.8. The molecular weight excluding hydrogens is 256 g/mol. The third kappa shape index (κ3) is 2.32. The molecule has 15 heavy (non-hydrogen) atoms. The Balaban J connectivity index is 2.25. The predicted molar refractivity (Wildman–Crippen MR) is 64.2 cm³/mol. The fraction of sp³-hybridized carbons (Fsp3) is 0.545. The van der Waals surface area contributed by atoms with Crippen LogP contribution in [0.5, 0.6) is 0 Å². The number of pyridine rings is 1. The summed E-state index contributed by atoms with van der Waals surface area (Å²) in [4.78, 5) is 6.70. The molecule has 0 bridgehead atoms. The van der Waals surface area contributed by atoms with Crippen molar-refractivity contribution in [2.24, 2.45) is 0 Å². The molecule has 0 radical (unpaired) electrons. The van der Waals surface area contributed by atoms with Crippen molar-refractivity contribution in [3.05, 3.63) is 22.8 Å². The fourth-order valence-electron chi connectivity index (χ4n) is 1.79. The van der Waals surface area contributed by atoms with E-state index >= 15 is 0 Å². The van der Waals surface area contributed by atoms with Gasteiger partial charge in [0.2, 0.25) is 0 Å². The van der Waals surface area contributed by atoms with Crippen molar-refractivity contribution in [2.45, 2.75) is 26.0 Å². The minimum atomic E-state index is 0.273. The van der Waals surface area contributed by atoms with Crippen molar-refractivity contribution in [1.82, 2.24) is 4.98 Å². The van der Waals surface area contributed by atoms with Crippen LogP contribution in [0, 0.1) is 0 Å². The summed E-state index contributed by atoms with van der Waals surface area (Å²) in [6.07, 6.45) is 2.10. The normalized spacial score (nSPS) is 26.7. The molecule has 0 aliphatic carbocycles. The highest BCUT2D eigenvalue weighted by atomic mass is 79.9. The molecule has 0 amide bonds. The second kappa shape index (κ2) is 4.49. The van der Waals surface area contributed by atoms with E-state index in [1.807, 2.05) is 18.3 Å². The molecule has 2 rings (SSSR count). The molecule has 1 aromatic rings. The molecule has 2 heterocycles. The Bertz CT molecular complexity index is 345. The lowest BCUT2D eigenvalue weighted by Gasteiger charge is -2.38. The van der Waals surface area contributed by atoms with Gasteiger partial charge in [-0.05, 0) is 41.9 Å². The fourth-order valence-corrected chi connectivity index (χ4v) is 2.27. The third-order valence-electron chi connectivity index (χ3n) is 2.62. The Morgan fingerprint density at radius 1 is 1.53 bits per heavy atom. The number of halogens is 1. The molecule has 0 saturated carbocycles. The van der Waals surface area contributed by atoms with Gasteiger partial charge in [-0.3, -0.25) is 0 Å². The largest absolute Gasteiger partial charge is 0.375 e. The van der Waals surface area contributed by atoms with Crippen molar-refractivity contribution in [1.29, 1.82) is 0 Å². The molecule has 4 heteroatoms. The van der Waals surface area contributed by atoms with Crippen molar-refractivity contribution < 1.29 is 4.74 Å². The van der Waals surface area contributed by atoms with Gasteiger partial charge in [0, 0.05) is 12.7 Å². The van der Waals surface area contributed by atoms with E-state index in [0.717, 1.165) is 23.4 Å². The number of aromatic nitrogens is 1. The van der Waals surface area contributed by atoms with Gasteiger partial charge in [0.1, 0.15) is 5.82 Å². The van der Waals surface area contributed by atoms with Crippen LogP contribution in [0.2, 0.25) is 0 Å². The van der Waals surface area contributed by atoms with Crippen LogP contribution in [-0.2, 0) is 4.74 Å². The highest BCUT2D eigenvalue weighted by Gasteiger charge is 2.25. The summed E-state index contributed by atoms with van der Waals surface area (Å²) in [5.74, 6) is 1.01. The molecule has 0 aromatic carbocycles. The molecule has 1 saturated heterocycles. The molecular formula is C11H15BrN2O. The molecule has 2 unspecified atom stereocenters. The molecule has 1 aromatic heterocycles. The molecule has 0 N–H and O–H groups in total. The van der Waals surface area contributed by atoms with Crippen LogP contribution < -0.4 is 4.90 Å². The number of hydrogen-bond acceptors (Lipinski definition) is 3. The molecule has 0 spiro atoms. The highest BCUT2D eigenvalue weighted by Crippen LogP contribution is 2.26. The van der Waals surface area contributed by atoms with E-state index < -0.39 is 0 Å². The lowest BCUT2D eigenvalue weighted by Crippen LogP contribution is -2.47. The van der Waals surface area contributed by atoms with Gasteiger partial charge in [-0.15, -0.1) is 0 Å². The molecule has 1 aliphatic heterocycles. The summed E-state index contributed by atoms with van der Waals surface area (Å²) in [6.45, 7) is 5.92. The lowest BCUT2D eigenvalue weighted by molar-refractivity contribution is 0.0340. The van der Waals surface area contributed by atoms with E-state index in [1.54, 1.807) is 0 Å². The van der Waals surface area contributed by atoms with Crippen molar-refractivity contribution in [3.63, 3.8) is 0 Å². The lowest BCUT2D eigenvalue weighted by atomic mass is 10.2. The predicted octanol–water partition coefficient (Wildman–Crippen LogP) is 2.46. The maximum Gasteiger partial charge on any atom is 0.143 e. The van der Waals surface area contributed by atoms with Crippen LogP contribution in [0.1, 0.15) is 13.8 Å².